The average Bonchev–Trinajstić information content (AvgIpc) is 2.57. The molecule has 0 unspecified atom stereocenters. The van der Waals surface area contributed by atoms with Crippen LogP contribution in [0.3, 0.4) is 0 Å². The highest BCUT2D eigenvalue weighted by atomic mass is 16.5. The van der Waals surface area contributed by atoms with E-state index in [1.165, 1.54) is 0 Å². The highest BCUT2D eigenvalue weighted by Crippen LogP contribution is 2.12. The van der Waals surface area contributed by atoms with Gasteiger partial charge in [-0.3, -0.25) is 0 Å². The topological polar surface area (TPSA) is 68.2 Å². The molecule has 0 amide bonds. The molecule has 2 rings (SSSR count). The van der Waals surface area contributed by atoms with Crippen LogP contribution in [0.1, 0.15) is 0 Å². The number of rotatable bonds is 10. The predicted molar refractivity (Wildman–Crippen MR) is 86.1 cm³/mol. The fourth-order valence-electron chi connectivity index (χ4n) is 3.62. The Morgan fingerprint density at radius 2 is 1.04 bits per heavy atom. The van der Waals surface area contributed by atoms with Gasteiger partial charge >= 0.3 is 0 Å². The molecule has 7 heteroatoms. The summed E-state index contributed by atoms with van der Waals surface area (Å²) in [6, 6.07) is 0. The van der Waals surface area contributed by atoms with Crippen molar-refractivity contribution in [2.75, 3.05) is 105 Å². The Kier molecular flexibility index (Phi) is 8.18. The Morgan fingerprint density at radius 1 is 0.652 bits per heavy atom. The second-order valence-electron chi connectivity index (χ2n) is 6.76. The molecule has 2 N–H and O–H groups in total. The third kappa shape index (κ3) is 5.94. The number of morpholine rings is 2. The standard InChI is InChI=1S/C16H34N2O5/c19-9-1-17(3-11-21-12-4-17)7-15-23-16-8-18(2-10-20)5-13-22-14-6-18/h19-20H,1-16H2/q+2. The minimum atomic E-state index is 0.219. The molecule has 0 aliphatic carbocycles. The van der Waals surface area contributed by atoms with Crippen molar-refractivity contribution in [2.45, 2.75) is 0 Å². The fraction of sp³-hybridized carbons (Fsp3) is 1.00. The zero-order valence-electron chi connectivity index (χ0n) is 14.3. The van der Waals surface area contributed by atoms with Gasteiger partial charge in [0.05, 0.1) is 52.9 Å². The molecule has 0 spiro atoms. The number of nitrogens with zero attached hydrogens (tertiary/aromatic N) is 2. The van der Waals surface area contributed by atoms with E-state index in [2.05, 4.69) is 0 Å². The van der Waals surface area contributed by atoms with E-state index in [4.69, 9.17) is 14.2 Å². The van der Waals surface area contributed by atoms with E-state index in [0.29, 0.717) is 0 Å². The predicted octanol–water partition coefficient (Wildman–Crippen LogP) is -1.32. The molecule has 0 aromatic heterocycles. The number of hydrogen-bond acceptors (Lipinski definition) is 5. The van der Waals surface area contributed by atoms with Crippen LogP contribution in [0.15, 0.2) is 0 Å². The Balaban J connectivity index is 1.69. The number of quaternary nitrogens is 2. The van der Waals surface area contributed by atoms with Crippen LogP contribution in [0.4, 0.5) is 0 Å². The lowest BCUT2D eigenvalue weighted by atomic mass is 10.3. The second-order valence-corrected chi connectivity index (χ2v) is 6.76. The SMILES string of the molecule is OCC[N+]1(CCOCC[N+]2(CCO)CCOCC2)CCOCC1. The molecule has 0 atom stereocenters. The summed E-state index contributed by atoms with van der Waals surface area (Å²) >= 11 is 0. The Hall–Kier alpha value is -0.280. The van der Waals surface area contributed by atoms with Gasteiger partial charge in [-0.2, -0.15) is 0 Å². The molecular formula is C16H34N2O5+2. The maximum atomic E-state index is 9.31. The van der Waals surface area contributed by atoms with Gasteiger partial charge in [-0.05, 0) is 0 Å². The molecule has 0 saturated carbocycles. The first-order chi connectivity index (χ1) is 11.2. The molecule has 23 heavy (non-hydrogen) atoms. The van der Waals surface area contributed by atoms with Crippen LogP contribution in [-0.2, 0) is 14.2 Å². The largest absolute Gasteiger partial charge is 0.391 e. The summed E-state index contributed by atoms with van der Waals surface area (Å²) in [6.45, 7) is 12.3. The summed E-state index contributed by atoms with van der Waals surface area (Å²) < 4.78 is 18.6. The minimum absolute atomic E-state index is 0.219. The lowest BCUT2D eigenvalue weighted by Crippen LogP contribution is -2.58. The number of ether oxygens (including phenoxy) is 3. The van der Waals surface area contributed by atoms with E-state index in [0.717, 1.165) is 101 Å². The molecule has 0 aromatic rings. The molecule has 2 fully saturated rings. The van der Waals surface area contributed by atoms with Crippen molar-refractivity contribution < 1.29 is 33.4 Å². The van der Waals surface area contributed by atoms with Crippen LogP contribution >= 0.6 is 0 Å². The van der Waals surface area contributed by atoms with Gasteiger partial charge in [-0.1, -0.05) is 0 Å². The third-order valence-corrected chi connectivity index (χ3v) is 5.41. The zero-order valence-corrected chi connectivity index (χ0v) is 14.3. The quantitative estimate of drug-likeness (QED) is 0.383. The van der Waals surface area contributed by atoms with Crippen LogP contribution in [0.2, 0.25) is 0 Å². The molecule has 2 aliphatic rings. The Morgan fingerprint density at radius 3 is 1.39 bits per heavy atom. The highest BCUT2D eigenvalue weighted by molar-refractivity contribution is 4.53. The molecule has 136 valence electrons. The molecular weight excluding hydrogens is 300 g/mol. The fourth-order valence-corrected chi connectivity index (χ4v) is 3.62. The van der Waals surface area contributed by atoms with Gasteiger partial charge < -0.3 is 33.4 Å². The summed E-state index contributed by atoms with van der Waals surface area (Å²) in [6.07, 6.45) is 0. The third-order valence-electron chi connectivity index (χ3n) is 5.41. The monoisotopic (exact) mass is 334 g/mol. The van der Waals surface area contributed by atoms with E-state index in [1.807, 2.05) is 0 Å². The van der Waals surface area contributed by atoms with Gasteiger partial charge in [0.2, 0.25) is 0 Å². The number of aliphatic hydroxyl groups excluding tert-OH is 2. The van der Waals surface area contributed by atoms with Crippen molar-refractivity contribution in [2.24, 2.45) is 0 Å². The number of aliphatic hydroxyl groups is 2. The first-order valence-corrected chi connectivity index (χ1v) is 8.89. The summed E-state index contributed by atoms with van der Waals surface area (Å²) in [4.78, 5) is 0. The zero-order chi connectivity index (χ0) is 16.4. The first kappa shape index (κ1) is 19.1. The van der Waals surface area contributed by atoms with Gasteiger partial charge in [-0.15, -0.1) is 0 Å². The van der Waals surface area contributed by atoms with Crippen LogP contribution in [0, 0.1) is 0 Å². The summed E-state index contributed by atoms with van der Waals surface area (Å²) in [5.41, 5.74) is 0. The number of hydrogen-bond donors (Lipinski definition) is 2. The Bertz CT molecular complexity index is 277. The van der Waals surface area contributed by atoms with Crippen molar-refractivity contribution in [3.63, 3.8) is 0 Å². The summed E-state index contributed by atoms with van der Waals surface area (Å²) in [5, 5.41) is 18.6. The minimum Gasteiger partial charge on any atom is -0.391 e. The van der Waals surface area contributed by atoms with Crippen LogP contribution < -0.4 is 0 Å². The van der Waals surface area contributed by atoms with E-state index in [9.17, 15) is 10.2 Å². The van der Waals surface area contributed by atoms with E-state index < -0.39 is 0 Å². The smallest absolute Gasteiger partial charge is 0.103 e. The van der Waals surface area contributed by atoms with Gasteiger partial charge in [0.1, 0.15) is 52.4 Å². The van der Waals surface area contributed by atoms with E-state index in [1.54, 1.807) is 0 Å². The first-order valence-electron chi connectivity index (χ1n) is 8.89. The van der Waals surface area contributed by atoms with Crippen LogP contribution in [-0.4, -0.2) is 124 Å². The lowest BCUT2D eigenvalue weighted by molar-refractivity contribution is -0.938. The van der Waals surface area contributed by atoms with E-state index in [-0.39, 0.29) is 13.2 Å². The molecule has 0 radical (unpaired) electrons. The maximum absolute atomic E-state index is 9.31. The molecule has 0 bridgehead atoms. The van der Waals surface area contributed by atoms with Crippen LogP contribution in [0.25, 0.3) is 0 Å². The summed E-state index contributed by atoms with van der Waals surface area (Å²) in [7, 11) is 0. The van der Waals surface area contributed by atoms with Crippen molar-refractivity contribution in [3.8, 4) is 0 Å². The van der Waals surface area contributed by atoms with Gasteiger partial charge in [0, 0.05) is 0 Å². The van der Waals surface area contributed by atoms with Crippen molar-refractivity contribution in [3.05, 3.63) is 0 Å². The lowest BCUT2D eigenvalue weighted by Gasteiger charge is -2.42. The molecule has 2 heterocycles. The molecule has 7 nitrogen and oxygen atoms in total. The summed E-state index contributed by atoms with van der Waals surface area (Å²) in [5.74, 6) is 0. The molecule has 0 aromatic carbocycles. The van der Waals surface area contributed by atoms with Crippen LogP contribution in [0.5, 0.6) is 0 Å². The average molecular weight is 334 g/mol. The Labute approximate surface area is 139 Å². The normalized spacial score (nSPS) is 23.7. The maximum Gasteiger partial charge on any atom is 0.103 e. The second kappa shape index (κ2) is 9.88. The van der Waals surface area contributed by atoms with Gasteiger partial charge in [0.15, 0.2) is 0 Å². The van der Waals surface area contributed by atoms with Crippen molar-refractivity contribution >= 4 is 0 Å². The van der Waals surface area contributed by atoms with Crippen molar-refractivity contribution in [1.29, 1.82) is 0 Å². The van der Waals surface area contributed by atoms with Gasteiger partial charge in [-0.25, -0.2) is 0 Å². The van der Waals surface area contributed by atoms with E-state index >= 15 is 0 Å². The van der Waals surface area contributed by atoms with Crippen molar-refractivity contribution in [1.82, 2.24) is 0 Å². The highest BCUT2D eigenvalue weighted by Gasteiger charge is 2.31. The molecule has 2 aliphatic heterocycles. The van der Waals surface area contributed by atoms with Gasteiger partial charge in [0.25, 0.3) is 0 Å². The molecule has 2 saturated heterocycles.